The van der Waals surface area contributed by atoms with Crippen molar-refractivity contribution in [2.24, 2.45) is 11.3 Å². The molecule has 1 aromatic carbocycles. The quantitative estimate of drug-likeness (QED) is 0.818. The fraction of sp³-hybridized carbons (Fsp3) is 0.588. The van der Waals surface area contributed by atoms with Gasteiger partial charge < -0.3 is 4.74 Å². The lowest BCUT2D eigenvalue weighted by atomic mass is 9.80. The summed E-state index contributed by atoms with van der Waals surface area (Å²) in [6, 6.07) is 6.59. The Hall–Kier alpha value is -1.20. The van der Waals surface area contributed by atoms with Crippen molar-refractivity contribution >= 4 is 11.6 Å². The van der Waals surface area contributed by atoms with Gasteiger partial charge in [-0.05, 0) is 54.9 Å². The highest BCUT2D eigenvalue weighted by atomic mass is 35.5. The summed E-state index contributed by atoms with van der Waals surface area (Å²) >= 11 is 6.22. The monoisotopic (exact) mass is 289 g/mol. The second-order valence-corrected chi connectivity index (χ2v) is 6.67. The highest BCUT2D eigenvalue weighted by Crippen LogP contribution is 2.47. The molecule has 1 aromatic rings. The maximum Gasteiger partial charge on any atom is 0.125 e. The average Bonchev–Trinajstić information content (AvgIpc) is 3.05. The van der Waals surface area contributed by atoms with Crippen molar-refractivity contribution in [3.8, 4) is 11.8 Å². The minimum absolute atomic E-state index is 0.217. The lowest BCUT2D eigenvalue weighted by Gasteiger charge is -2.22. The number of nitriles is 1. The summed E-state index contributed by atoms with van der Waals surface area (Å²) in [6.07, 6.45) is 6.08. The summed E-state index contributed by atoms with van der Waals surface area (Å²) < 4.78 is 5.77. The zero-order valence-electron chi connectivity index (χ0n) is 11.9. The Morgan fingerprint density at radius 3 is 3.05 bits per heavy atom. The van der Waals surface area contributed by atoms with Gasteiger partial charge in [0.25, 0.3) is 0 Å². The molecular formula is C17H20ClNO. The molecule has 1 aliphatic carbocycles. The second kappa shape index (κ2) is 5.30. The fourth-order valence-electron chi connectivity index (χ4n) is 3.73. The molecule has 0 N–H and O–H groups in total. The van der Waals surface area contributed by atoms with E-state index in [2.05, 4.69) is 13.0 Å². The Morgan fingerprint density at radius 1 is 1.50 bits per heavy atom. The van der Waals surface area contributed by atoms with Crippen LogP contribution in [0.1, 0.15) is 43.7 Å². The predicted molar refractivity (Wildman–Crippen MR) is 80.0 cm³/mol. The molecular weight excluding hydrogens is 270 g/mol. The first-order valence-electron chi connectivity index (χ1n) is 7.51. The third-order valence-corrected chi connectivity index (χ3v) is 5.10. The second-order valence-electron chi connectivity index (χ2n) is 6.24. The lowest BCUT2D eigenvalue weighted by Crippen LogP contribution is -2.18. The van der Waals surface area contributed by atoms with E-state index in [9.17, 15) is 5.26 Å². The molecule has 20 heavy (non-hydrogen) atoms. The Morgan fingerprint density at radius 2 is 2.35 bits per heavy atom. The molecule has 3 rings (SSSR count). The third-order valence-electron chi connectivity index (χ3n) is 4.88. The summed E-state index contributed by atoms with van der Waals surface area (Å²) in [5.74, 6) is 1.69. The van der Waals surface area contributed by atoms with E-state index in [-0.39, 0.29) is 5.41 Å². The average molecular weight is 290 g/mol. The zero-order chi connectivity index (χ0) is 14.2. The molecule has 0 radical (unpaired) electrons. The number of halogens is 1. The van der Waals surface area contributed by atoms with Gasteiger partial charge >= 0.3 is 0 Å². The van der Waals surface area contributed by atoms with Crippen molar-refractivity contribution in [1.82, 2.24) is 0 Å². The van der Waals surface area contributed by atoms with Gasteiger partial charge in [0.15, 0.2) is 0 Å². The van der Waals surface area contributed by atoms with Crippen LogP contribution in [0.25, 0.3) is 0 Å². The van der Waals surface area contributed by atoms with Crippen LogP contribution in [0, 0.1) is 22.7 Å². The Balaban J connectivity index is 1.90. The Labute approximate surface area is 125 Å². The number of fused-ring (bicyclic) bond motifs is 1. The Kier molecular flexibility index (Phi) is 3.65. The van der Waals surface area contributed by atoms with Crippen LogP contribution in [0.4, 0.5) is 0 Å². The molecule has 0 amide bonds. The van der Waals surface area contributed by atoms with E-state index in [1.807, 2.05) is 12.1 Å². The molecule has 0 aromatic heterocycles. The number of benzene rings is 1. The van der Waals surface area contributed by atoms with Gasteiger partial charge in [-0.15, -0.1) is 0 Å². The molecule has 1 saturated carbocycles. The SMILES string of the molecule is CCC1CCC(C#N)(Cc2cc(Cl)cc3c2OCC3)C1. The van der Waals surface area contributed by atoms with Crippen LogP contribution in [0.3, 0.4) is 0 Å². The van der Waals surface area contributed by atoms with E-state index in [1.165, 1.54) is 18.4 Å². The number of rotatable bonds is 3. The smallest absolute Gasteiger partial charge is 0.125 e. The van der Waals surface area contributed by atoms with Crippen molar-refractivity contribution in [2.45, 2.75) is 45.4 Å². The minimum atomic E-state index is -0.217. The van der Waals surface area contributed by atoms with E-state index in [0.717, 1.165) is 48.6 Å². The molecule has 2 nitrogen and oxygen atoms in total. The predicted octanol–water partition coefficient (Wildman–Crippen LogP) is 4.54. The normalized spacial score (nSPS) is 27.9. The van der Waals surface area contributed by atoms with Crippen LogP contribution in [-0.4, -0.2) is 6.61 Å². The topological polar surface area (TPSA) is 33.0 Å². The molecule has 0 saturated heterocycles. The highest BCUT2D eigenvalue weighted by Gasteiger charge is 2.39. The fourth-order valence-corrected chi connectivity index (χ4v) is 3.99. The summed E-state index contributed by atoms with van der Waals surface area (Å²) in [5.41, 5.74) is 2.11. The van der Waals surface area contributed by atoms with Gasteiger partial charge in [0.05, 0.1) is 18.1 Å². The first kappa shape index (κ1) is 13.8. The maximum absolute atomic E-state index is 9.69. The third kappa shape index (κ3) is 2.40. The summed E-state index contributed by atoms with van der Waals surface area (Å²) in [4.78, 5) is 0. The molecule has 2 aliphatic rings. The first-order valence-corrected chi connectivity index (χ1v) is 7.89. The van der Waals surface area contributed by atoms with E-state index in [0.29, 0.717) is 5.92 Å². The van der Waals surface area contributed by atoms with Crippen molar-refractivity contribution in [3.05, 3.63) is 28.3 Å². The largest absolute Gasteiger partial charge is 0.493 e. The van der Waals surface area contributed by atoms with Gasteiger partial charge in [0.1, 0.15) is 5.75 Å². The number of hydrogen-bond donors (Lipinski definition) is 0. The number of hydrogen-bond acceptors (Lipinski definition) is 2. The molecule has 2 unspecified atom stereocenters. The number of ether oxygens (including phenoxy) is 1. The van der Waals surface area contributed by atoms with Crippen molar-refractivity contribution in [1.29, 1.82) is 5.26 Å². The molecule has 0 spiro atoms. The summed E-state index contributed by atoms with van der Waals surface area (Å²) in [6.45, 7) is 2.96. The molecule has 1 heterocycles. The summed E-state index contributed by atoms with van der Waals surface area (Å²) in [7, 11) is 0. The molecule has 2 atom stereocenters. The van der Waals surface area contributed by atoms with Gasteiger partial charge in [-0.3, -0.25) is 0 Å². The van der Waals surface area contributed by atoms with Crippen LogP contribution >= 0.6 is 11.6 Å². The van der Waals surface area contributed by atoms with Gasteiger partial charge in [-0.25, -0.2) is 0 Å². The van der Waals surface area contributed by atoms with E-state index in [1.54, 1.807) is 0 Å². The molecule has 1 fully saturated rings. The molecule has 1 aliphatic heterocycles. The molecule has 0 bridgehead atoms. The first-order chi connectivity index (χ1) is 9.65. The van der Waals surface area contributed by atoms with Gasteiger partial charge in [0, 0.05) is 11.4 Å². The van der Waals surface area contributed by atoms with Crippen LogP contribution in [0.5, 0.6) is 5.75 Å². The van der Waals surface area contributed by atoms with Gasteiger partial charge in [0.2, 0.25) is 0 Å². The zero-order valence-corrected chi connectivity index (χ0v) is 12.7. The Bertz CT molecular complexity index is 563. The lowest BCUT2D eigenvalue weighted by molar-refractivity contribution is 0.339. The molecule has 106 valence electrons. The highest BCUT2D eigenvalue weighted by molar-refractivity contribution is 6.30. The standard InChI is InChI=1S/C17H20ClNO/c1-2-12-3-5-17(9-12,11-19)10-14-8-15(18)7-13-4-6-20-16(13)14/h7-8,12H,2-6,9-10H2,1H3. The van der Waals surface area contributed by atoms with Gasteiger partial charge in [-0.2, -0.15) is 5.26 Å². The van der Waals surface area contributed by atoms with E-state index < -0.39 is 0 Å². The maximum atomic E-state index is 9.69. The van der Waals surface area contributed by atoms with E-state index >= 15 is 0 Å². The van der Waals surface area contributed by atoms with Crippen molar-refractivity contribution < 1.29 is 4.74 Å². The van der Waals surface area contributed by atoms with Crippen LogP contribution in [0.2, 0.25) is 5.02 Å². The minimum Gasteiger partial charge on any atom is -0.493 e. The van der Waals surface area contributed by atoms with Crippen molar-refractivity contribution in [3.63, 3.8) is 0 Å². The van der Waals surface area contributed by atoms with Crippen LogP contribution in [0.15, 0.2) is 12.1 Å². The molecule has 3 heteroatoms. The van der Waals surface area contributed by atoms with E-state index in [4.69, 9.17) is 16.3 Å². The number of nitrogens with zero attached hydrogens (tertiary/aromatic N) is 1. The van der Waals surface area contributed by atoms with Crippen LogP contribution in [-0.2, 0) is 12.8 Å². The summed E-state index contributed by atoms with van der Waals surface area (Å²) in [5, 5.41) is 10.5. The van der Waals surface area contributed by atoms with Crippen molar-refractivity contribution in [2.75, 3.05) is 6.61 Å². The van der Waals surface area contributed by atoms with Gasteiger partial charge in [-0.1, -0.05) is 24.9 Å². The van der Waals surface area contributed by atoms with Crippen LogP contribution < -0.4 is 4.74 Å².